The Morgan fingerprint density at radius 2 is 2.00 bits per heavy atom. The SMILES string of the molecule is Cc1ccccc1N(C)C(=O)C1(C(N)=S)CCC1. The lowest BCUT2D eigenvalue weighted by molar-refractivity contribution is -0.127. The molecule has 0 atom stereocenters. The summed E-state index contributed by atoms with van der Waals surface area (Å²) < 4.78 is 0. The Morgan fingerprint density at radius 3 is 2.44 bits per heavy atom. The minimum Gasteiger partial charge on any atom is -0.392 e. The second-order valence-electron chi connectivity index (χ2n) is 4.95. The second kappa shape index (κ2) is 4.69. The molecule has 0 aliphatic heterocycles. The van der Waals surface area contributed by atoms with Gasteiger partial charge in [0.2, 0.25) is 5.91 Å². The number of aryl methyl sites for hydroxylation is 1. The van der Waals surface area contributed by atoms with Crippen LogP contribution in [-0.4, -0.2) is 17.9 Å². The number of hydrogen-bond acceptors (Lipinski definition) is 2. The van der Waals surface area contributed by atoms with Crippen molar-refractivity contribution >= 4 is 28.8 Å². The van der Waals surface area contributed by atoms with Gasteiger partial charge in [0.15, 0.2) is 0 Å². The van der Waals surface area contributed by atoms with Gasteiger partial charge in [-0.05, 0) is 31.4 Å². The Labute approximate surface area is 113 Å². The van der Waals surface area contributed by atoms with Gasteiger partial charge in [-0.2, -0.15) is 0 Å². The Kier molecular flexibility index (Phi) is 3.39. The standard InChI is InChI=1S/C14H18N2OS/c1-10-6-3-4-7-11(10)16(2)13(17)14(12(15)18)8-5-9-14/h3-4,6-7H,5,8-9H2,1-2H3,(H2,15,18). The first kappa shape index (κ1) is 13.0. The fraction of sp³-hybridized carbons (Fsp3) is 0.429. The molecule has 1 aliphatic carbocycles. The third-order valence-corrected chi connectivity index (χ3v) is 4.26. The number of amides is 1. The molecule has 96 valence electrons. The van der Waals surface area contributed by atoms with Crippen LogP contribution in [0.4, 0.5) is 5.69 Å². The van der Waals surface area contributed by atoms with E-state index in [4.69, 9.17) is 18.0 Å². The van der Waals surface area contributed by atoms with Crippen molar-refractivity contribution in [1.29, 1.82) is 0 Å². The normalized spacial score (nSPS) is 16.8. The Balaban J connectivity index is 2.29. The zero-order chi connectivity index (χ0) is 13.3. The Bertz CT molecular complexity index is 494. The average molecular weight is 262 g/mol. The molecule has 4 heteroatoms. The lowest BCUT2D eigenvalue weighted by Crippen LogP contribution is -2.53. The highest BCUT2D eigenvalue weighted by atomic mass is 32.1. The molecule has 2 N–H and O–H groups in total. The summed E-state index contributed by atoms with van der Waals surface area (Å²) in [6, 6.07) is 7.83. The van der Waals surface area contributed by atoms with Gasteiger partial charge in [0.25, 0.3) is 0 Å². The third kappa shape index (κ3) is 1.90. The van der Waals surface area contributed by atoms with E-state index in [9.17, 15) is 4.79 Å². The van der Waals surface area contributed by atoms with Gasteiger partial charge in [-0.25, -0.2) is 0 Å². The van der Waals surface area contributed by atoms with Gasteiger partial charge in [-0.15, -0.1) is 0 Å². The number of anilines is 1. The van der Waals surface area contributed by atoms with Crippen LogP contribution in [0.15, 0.2) is 24.3 Å². The highest BCUT2D eigenvalue weighted by Gasteiger charge is 2.48. The van der Waals surface area contributed by atoms with E-state index in [1.165, 1.54) is 0 Å². The smallest absolute Gasteiger partial charge is 0.239 e. The molecule has 1 aromatic rings. The fourth-order valence-electron chi connectivity index (χ4n) is 2.47. The van der Waals surface area contributed by atoms with E-state index in [0.29, 0.717) is 4.99 Å². The maximum atomic E-state index is 12.6. The van der Waals surface area contributed by atoms with Crippen molar-refractivity contribution in [3.8, 4) is 0 Å². The quantitative estimate of drug-likeness (QED) is 0.851. The van der Waals surface area contributed by atoms with Crippen LogP contribution in [0.1, 0.15) is 24.8 Å². The van der Waals surface area contributed by atoms with Gasteiger partial charge in [0.1, 0.15) is 0 Å². The van der Waals surface area contributed by atoms with Gasteiger partial charge in [-0.1, -0.05) is 36.8 Å². The van der Waals surface area contributed by atoms with Crippen molar-refractivity contribution in [2.45, 2.75) is 26.2 Å². The Hall–Kier alpha value is -1.42. The molecule has 3 nitrogen and oxygen atoms in total. The van der Waals surface area contributed by atoms with Crippen LogP contribution in [0.5, 0.6) is 0 Å². The maximum absolute atomic E-state index is 12.6. The van der Waals surface area contributed by atoms with Crippen LogP contribution >= 0.6 is 12.2 Å². The van der Waals surface area contributed by atoms with E-state index < -0.39 is 5.41 Å². The molecule has 1 saturated carbocycles. The molecule has 0 radical (unpaired) electrons. The van der Waals surface area contributed by atoms with Crippen molar-refractivity contribution in [3.63, 3.8) is 0 Å². The van der Waals surface area contributed by atoms with Crippen LogP contribution in [-0.2, 0) is 4.79 Å². The number of carbonyl (C=O) groups is 1. The predicted octanol–water partition coefficient (Wildman–Crippen LogP) is 2.41. The molecular weight excluding hydrogens is 244 g/mol. The van der Waals surface area contributed by atoms with Crippen LogP contribution in [0.3, 0.4) is 0 Å². The summed E-state index contributed by atoms with van der Waals surface area (Å²) in [5.41, 5.74) is 7.16. The number of carbonyl (C=O) groups excluding carboxylic acids is 1. The monoisotopic (exact) mass is 262 g/mol. The minimum atomic E-state index is -0.605. The fourth-order valence-corrected chi connectivity index (χ4v) is 2.76. The number of rotatable bonds is 3. The van der Waals surface area contributed by atoms with Crippen LogP contribution < -0.4 is 10.6 Å². The van der Waals surface area contributed by atoms with E-state index in [2.05, 4.69) is 0 Å². The number of para-hydroxylation sites is 1. The summed E-state index contributed by atoms with van der Waals surface area (Å²) in [4.78, 5) is 14.6. The topological polar surface area (TPSA) is 46.3 Å². The molecule has 0 bridgehead atoms. The van der Waals surface area contributed by atoms with E-state index in [-0.39, 0.29) is 5.91 Å². The summed E-state index contributed by atoms with van der Waals surface area (Å²) in [6.45, 7) is 1.99. The van der Waals surface area contributed by atoms with Crippen molar-refractivity contribution in [2.24, 2.45) is 11.1 Å². The Morgan fingerprint density at radius 1 is 1.39 bits per heavy atom. The van der Waals surface area contributed by atoms with Gasteiger partial charge < -0.3 is 10.6 Å². The number of thiocarbonyl (C=S) groups is 1. The minimum absolute atomic E-state index is 0.0237. The van der Waals surface area contributed by atoms with E-state index >= 15 is 0 Å². The van der Waals surface area contributed by atoms with Crippen molar-refractivity contribution < 1.29 is 4.79 Å². The molecule has 0 unspecified atom stereocenters. The number of benzene rings is 1. The van der Waals surface area contributed by atoms with Crippen molar-refractivity contribution in [1.82, 2.24) is 0 Å². The molecule has 18 heavy (non-hydrogen) atoms. The van der Waals surface area contributed by atoms with Crippen LogP contribution in [0.2, 0.25) is 0 Å². The van der Waals surface area contributed by atoms with Gasteiger partial charge in [-0.3, -0.25) is 4.79 Å². The predicted molar refractivity (Wildman–Crippen MR) is 77.7 cm³/mol. The average Bonchev–Trinajstić information content (AvgIpc) is 2.26. The third-order valence-electron chi connectivity index (χ3n) is 3.87. The maximum Gasteiger partial charge on any atom is 0.239 e. The van der Waals surface area contributed by atoms with E-state index in [1.807, 2.05) is 31.2 Å². The lowest BCUT2D eigenvalue weighted by atomic mass is 9.67. The van der Waals surface area contributed by atoms with Crippen molar-refractivity contribution in [2.75, 3.05) is 11.9 Å². The molecule has 0 spiro atoms. The summed E-state index contributed by atoms with van der Waals surface area (Å²) in [5.74, 6) is 0.0237. The first-order valence-electron chi connectivity index (χ1n) is 6.13. The van der Waals surface area contributed by atoms with Gasteiger partial charge in [0.05, 0.1) is 10.4 Å². The first-order valence-corrected chi connectivity index (χ1v) is 6.53. The highest BCUT2D eigenvalue weighted by molar-refractivity contribution is 7.80. The lowest BCUT2D eigenvalue weighted by Gasteiger charge is -2.41. The molecule has 1 amide bonds. The zero-order valence-corrected chi connectivity index (χ0v) is 11.6. The second-order valence-corrected chi connectivity index (χ2v) is 5.39. The number of hydrogen-bond donors (Lipinski definition) is 1. The number of nitrogens with zero attached hydrogens (tertiary/aromatic N) is 1. The number of nitrogens with two attached hydrogens (primary N) is 1. The summed E-state index contributed by atoms with van der Waals surface area (Å²) in [6.07, 6.45) is 2.57. The summed E-state index contributed by atoms with van der Waals surface area (Å²) >= 11 is 5.09. The van der Waals surface area contributed by atoms with Crippen molar-refractivity contribution in [3.05, 3.63) is 29.8 Å². The largest absolute Gasteiger partial charge is 0.392 e. The molecule has 1 aromatic carbocycles. The van der Waals surface area contributed by atoms with Crippen LogP contribution in [0, 0.1) is 12.3 Å². The molecule has 0 saturated heterocycles. The zero-order valence-electron chi connectivity index (χ0n) is 10.8. The van der Waals surface area contributed by atoms with Gasteiger partial charge >= 0.3 is 0 Å². The summed E-state index contributed by atoms with van der Waals surface area (Å²) in [5, 5.41) is 0. The van der Waals surface area contributed by atoms with Gasteiger partial charge in [0, 0.05) is 12.7 Å². The first-order chi connectivity index (χ1) is 8.49. The molecule has 2 rings (SSSR count). The summed E-state index contributed by atoms with van der Waals surface area (Å²) in [7, 11) is 1.79. The molecular formula is C14H18N2OS. The highest BCUT2D eigenvalue weighted by Crippen LogP contribution is 2.43. The molecule has 1 aliphatic rings. The van der Waals surface area contributed by atoms with E-state index in [1.54, 1.807) is 11.9 Å². The molecule has 1 fully saturated rings. The van der Waals surface area contributed by atoms with Crippen LogP contribution in [0.25, 0.3) is 0 Å². The molecule has 0 aromatic heterocycles. The molecule has 0 heterocycles. The van der Waals surface area contributed by atoms with E-state index in [0.717, 1.165) is 30.5 Å².